The third-order valence-corrected chi connectivity index (χ3v) is 2.75. The van der Waals surface area contributed by atoms with Gasteiger partial charge in [-0.2, -0.15) is 0 Å². The van der Waals surface area contributed by atoms with E-state index in [-0.39, 0.29) is 12.4 Å². The van der Waals surface area contributed by atoms with Gasteiger partial charge in [-0.25, -0.2) is 9.59 Å². The highest BCUT2D eigenvalue weighted by molar-refractivity contribution is 5.98. The van der Waals surface area contributed by atoms with E-state index >= 15 is 0 Å². The van der Waals surface area contributed by atoms with Crippen LogP contribution in [0.2, 0.25) is 0 Å². The van der Waals surface area contributed by atoms with E-state index < -0.39 is 23.2 Å². The Kier molecular flexibility index (Phi) is 5.90. The second kappa shape index (κ2) is 7.26. The van der Waals surface area contributed by atoms with Crippen molar-refractivity contribution in [3.05, 3.63) is 35.9 Å². The van der Waals surface area contributed by atoms with Gasteiger partial charge in [0, 0.05) is 5.56 Å². The second-order valence-electron chi connectivity index (χ2n) is 6.62. The van der Waals surface area contributed by atoms with Crippen molar-refractivity contribution in [2.24, 2.45) is 0 Å². The summed E-state index contributed by atoms with van der Waals surface area (Å²) in [6.45, 7) is 7.73. The summed E-state index contributed by atoms with van der Waals surface area (Å²) >= 11 is 0. The second-order valence-corrected chi connectivity index (χ2v) is 6.62. The molecular formula is C17H23NO5. The van der Waals surface area contributed by atoms with Crippen LogP contribution in [0.25, 0.3) is 0 Å². The Hall–Kier alpha value is -2.37. The number of benzene rings is 1. The summed E-state index contributed by atoms with van der Waals surface area (Å²) in [5.41, 5.74) is -1.52. The first kappa shape index (κ1) is 18.7. The number of rotatable bonds is 5. The van der Waals surface area contributed by atoms with Crippen LogP contribution in [0.15, 0.2) is 30.3 Å². The third-order valence-electron chi connectivity index (χ3n) is 2.75. The van der Waals surface area contributed by atoms with E-state index in [0.29, 0.717) is 5.56 Å². The molecule has 1 amide bonds. The summed E-state index contributed by atoms with van der Waals surface area (Å²) in [7, 11) is 0. The van der Waals surface area contributed by atoms with E-state index in [9.17, 15) is 14.4 Å². The molecule has 1 aromatic carbocycles. The maximum atomic E-state index is 12.1. The maximum Gasteiger partial charge on any atom is 0.408 e. The largest absolute Gasteiger partial charge is 0.456 e. The summed E-state index contributed by atoms with van der Waals surface area (Å²) in [6, 6.07) is 8.52. The van der Waals surface area contributed by atoms with Gasteiger partial charge in [-0.15, -0.1) is 0 Å². The number of ketones is 1. The molecule has 23 heavy (non-hydrogen) atoms. The first-order valence-electron chi connectivity index (χ1n) is 7.28. The van der Waals surface area contributed by atoms with Crippen LogP contribution in [0.5, 0.6) is 0 Å². The molecule has 6 heteroatoms. The smallest absolute Gasteiger partial charge is 0.408 e. The van der Waals surface area contributed by atoms with Gasteiger partial charge >= 0.3 is 12.1 Å². The van der Waals surface area contributed by atoms with Crippen LogP contribution in [0.4, 0.5) is 4.79 Å². The maximum absolute atomic E-state index is 12.1. The zero-order chi connectivity index (χ0) is 17.7. The lowest BCUT2D eigenvalue weighted by Crippen LogP contribution is -2.52. The van der Waals surface area contributed by atoms with Crippen LogP contribution in [0.3, 0.4) is 0 Å². The molecule has 0 aliphatic rings. The Labute approximate surface area is 136 Å². The average molecular weight is 321 g/mol. The number of esters is 1. The van der Waals surface area contributed by atoms with E-state index in [2.05, 4.69) is 5.32 Å². The molecule has 6 nitrogen and oxygen atoms in total. The van der Waals surface area contributed by atoms with E-state index in [1.165, 1.54) is 13.8 Å². The normalized spacial score (nSPS) is 11.5. The molecule has 0 bridgehead atoms. The Morgan fingerprint density at radius 1 is 1.00 bits per heavy atom. The molecule has 1 aromatic rings. The predicted octanol–water partition coefficient (Wildman–Crippen LogP) is 2.72. The van der Waals surface area contributed by atoms with Gasteiger partial charge in [-0.05, 0) is 34.6 Å². The molecule has 0 saturated heterocycles. The minimum atomic E-state index is -1.31. The van der Waals surface area contributed by atoms with E-state index in [0.717, 1.165) is 0 Å². The van der Waals surface area contributed by atoms with E-state index in [1.54, 1.807) is 51.1 Å². The predicted molar refractivity (Wildman–Crippen MR) is 85.2 cm³/mol. The van der Waals surface area contributed by atoms with E-state index in [4.69, 9.17) is 9.47 Å². The minimum Gasteiger partial charge on any atom is -0.456 e. The number of carbonyl (C=O) groups is 3. The number of alkyl carbamates (subject to hydrolysis) is 1. The average Bonchev–Trinajstić information content (AvgIpc) is 2.42. The van der Waals surface area contributed by atoms with Crippen LogP contribution >= 0.6 is 0 Å². The topological polar surface area (TPSA) is 81.7 Å². The highest BCUT2D eigenvalue weighted by Gasteiger charge is 2.33. The van der Waals surface area contributed by atoms with Crippen LogP contribution in [0, 0.1) is 0 Å². The van der Waals surface area contributed by atoms with E-state index in [1.807, 2.05) is 0 Å². The van der Waals surface area contributed by atoms with Gasteiger partial charge in [0.2, 0.25) is 0 Å². The van der Waals surface area contributed by atoms with Gasteiger partial charge in [0.25, 0.3) is 0 Å². The fourth-order valence-corrected chi connectivity index (χ4v) is 1.63. The monoisotopic (exact) mass is 321 g/mol. The fraction of sp³-hybridized carbons (Fsp3) is 0.471. The Bertz CT molecular complexity index is 572. The van der Waals surface area contributed by atoms with Crippen molar-refractivity contribution in [1.29, 1.82) is 0 Å². The highest BCUT2D eigenvalue weighted by Crippen LogP contribution is 2.11. The number of ether oxygens (including phenoxy) is 2. The number of carbonyl (C=O) groups excluding carboxylic acids is 3. The van der Waals surface area contributed by atoms with Gasteiger partial charge in [0.15, 0.2) is 12.4 Å². The van der Waals surface area contributed by atoms with Crippen molar-refractivity contribution in [3.8, 4) is 0 Å². The summed E-state index contributed by atoms with van der Waals surface area (Å²) in [5, 5.41) is 2.43. The van der Waals surface area contributed by atoms with Crippen molar-refractivity contribution >= 4 is 17.8 Å². The molecule has 0 heterocycles. The molecule has 0 saturated carbocycles. The number of hydrogen-bond acceptors (Lipinski definition) is 5. The lowest BCUT2D eigenvalue weighted by Gasteiger charge is -2.26. The zero-order valence-electron chi connectivity index (χ0n) is 14.1. The number of amides is 1. The van der Waals surface area contributed by atoms with Gasteiger partial charge in [0.1, 0.15) is 11.1 Å². The summed E-state index contributed by atoms with van der Waals surface area (Å²) in [5.74, 6) is -1.03. The molecule has 0 aromatic heterocycles. The van der Waals surface area contributed by atoms with Crippen molar-refractivity contribution in [3.63, 3.8) is 0 Å². The van der Waals surface area contributed by atoms with Crippen molar-refractivity contribution < 1.29 is 23.9 Å². The molecule has 0 aliphatic carbocycles. The Morgan fingerprint density at radius 2 is 1.57 bits per heavy atom. The standard InChI is InChI=1S/C17H23NO5/c1-16(2,3)23-15(21)18-17(4,5)14(20)22-11-13(19)12-9-7-6-8-10-12/h6-10H,11H2,1-5H3,(H,18,21). The first-order valence-corrected chi connectivity index (χ1v) is 7.28. The molecule has 0 fully saturated rings. The lowest BCUT2D eigenvalue weighted by atomic mass is 10.1. The summed E-state index contributed by atoms with van der Waals surface area (Å²) in [4.78, 5) is 35.7. The van der Waals surface area contributed by atoms with Crippen LogP contribution in [-0.2, 0) is 14.3 Å². The van der Waals surface area contributed by atoms with Gasteiger partial charge in [0.05, 0.1) is 0 Å². The molecule has 0 aliphatic heterocycles. The Balaban J connectivity index is 2.55. The quantitative estimate of drug-likeness (QED) is 0.666. The molecule has 1 N–H and O–H groups in total. The van der Waals surface area contributed by atoms with Crippen LogP contribution in [0.1, 0.15) is 45.0 Å². The Morgan fingerprint density at radius 3 is 2.09 bits per heavy atom. The summed E-state index contributed by atoms with van der Waals surface area (Å²) < 4.78 is 10.1. The molecular weight excluding hydrogens is 298 g/mol. The molecule has 126 valence electrons. The van der Waals surface area contributed by atoms with Gasteiger partial charge in [-0.1, -0.05) is 30.3 Å². The summed E-state index contributed by atoms with van der Waals surface area (Å²) in [6.07, 6.45) is -0.728. The number of Topliss-reactive ketones (excluding diaryl/α,β-unsaturated/α-hetero) is 1. The SMILES string of the molecule is CC(C)(C)OC(=O)NC(C)(C)C(=O)OCC(=O)c1ccccc1. The van der Waals surface area contributed by atoms with Crippen molar-refractivity contribution in [1.82, 2.24) is 5.32 Å². The van der Waals surface area contributed by atoms with Crippen molar-refractivity contribution in [2.45, 2.75) is 45.8 Å². The molecule has 0 radical (unpaired) electrons. The van der Waals surface area contributed by atoms with Crippen LogP contribution < -0.4 is 5.32 Å². The lowest BCUT2D eigenvalue weighted by molar-refractivity contribution is -0.149. The van der Waals surface area contributed by atoms with Crippen molar-refractivity contribution in [2.75, 3.05) is 6.61 Å². The molecule has 0 unspecified atom stereocenters. The van der Waals surface area contributed by atoms with Crippen LogP contribution in [-0.4, -0.2) is 35.6 Å². The number of nitrogens with one attached hydrogen (secondary N) is 1. The zero-order valence-corrected chi connectivity index (χ0v) is 14.1. The molecule has 1 rings (SSSR count). The minimum absolute atomic E-state index is 0.313. The molecule has 0 atom stereocenters. The molecule has 0 spiro atoms. The fourth-order valence-electron chi connectivity index (χ4n) is 1.63. The number of hydrogen-bond donors (Lipinski definition) is 1. The highest BCUT2D eigenvalue weighted by atomic mass is 16.6. The first-order chi connectivity index (χ1) is 10.5. The van der Waals surface area contributed by atoms with Gasteiger partial charge < -0.3 is 14.8 Å². The third kappa shape index (κ3) is 6.50. The van der Waals surface area contributed by atoms with Gasteiger partial charge in [-0.3, -0.25) is 4.79 Å².